The van der Waals surface area contributed by atoms with Gasteiger partial charge in [0.05, 0.1) is 11.5 Å². The minimum Gasteiger partial charge on any atom is -0.398 e. The molecule has 0 saturated heterocycles. The molecule has 15 heavy (non-hydrogen) atoms. The molecule has 0 aromatic heterocycles. The maximum atomic E-state index is 10.7. The van der Waals surface area contributed by atoms with Crippen LogP contribution < -0.4 is 11.1 Å². The molecule has 0 bridgehead atoms. The van der Waals surface area contributed by atoms with Gasteiger partial charge in [-0.15, -0.1) is 0 Å². The highest BCUT2D eigenvalue weighted by atomic mass is 16.6. The molecule has 0 radical (unpaired) electrons. The minimum atomic E-state index is -0.504. The zero-order chi connectivity index (χ0) is 11.4. The highest BCUT2D eigenvalue weighted by molar-refractivity contribution is 5.69. The Hall–Kier alpha value is -1.82. The van der Waals surface area contributed by atoms with Gasteiger partial charge in [0.2, 0.25) is 0 Å². The van der Waals surface area contributed by atoms with Gasteiger partial charge >= 0.3 is 0 Å². The van der Waals surface area contributed by atoms with Crippen LogP contribution in [0.2, 0.25) is 0 Å². The van der Waals surface area contributed by atoms with E-state index in [0.29, 0.717) is 11.4 Å². The third-order valence-corrected chi connectivity index (χ3v) is 2.01. The van der Waals surface area contributed by atoms with Crippen molar-refractivity contribution < 1.29 is 10.0 Å². The topological polar surface area (TPSA) is 101 Å². The van der Waals surface area contributed by atoms with Crippen LogP contribution in [0.15, 0.2) is 12.1 Å². The first kappa shape index (κ1) is 11.3. The summed E-state index contributed by atoms with van der Waals surface area (Å²) in [5.41, 5.74) is 7.02. The van der Waals surface area contributed by atoms with E-state index in [1.165, 1.54) is 6.07 Å². The fourth-order valence-corrected chi connectivity index (χ4v) is 1.20. The summed E-state index contributed by atoms with van der Waals surface area (Å²) in [4.78, 5) is 10.2. The number of nitro benzene ring substituents is 1. The van der Waals surface area contributed by atoms with Crippen LogP contribution in [0.3, 0.4) is 0 Å². The number of benzene rings is 1. The number of nitrogens with zero attached hydrogens (tertiary/aromatic N) is 1. The van der Waals surface area contributed by atoms with E-state index in [9.17, 15) is 10.1 Å². The number of anilines is 2. The molecule has 0 aliphatic heterocycles. The smallest absolute Gasteiger partial charge is 0.294 e. The Bertz CT molecular complexity index is 379. The Morgan fingerprint density at radius 1 is 1.60 bits per heavy atom. The molecule has 0 heterocycles. The molecule has 0 atom stereocenters. The van der Waals surface area contributed by atoms with Crippen molar-refractivity contribution in [2.45, 2.75) is 6.92 Å². The number of nitrogens with one attached hydrogen (secondary N) is 1. The van der Waals surface area contributed by atoms with E-state index >= 15 is 0 Å². The molecule has 0 spiro atoms. The summed E-state index contributed by atoms with van der Waals surface area (Å²) in [7, 11) is 0. The maximum Gasteiger partial charge on any atom is 0.294 e. The lowest BCUT2D eigenvalue weighted by molar-refractivity contribution is -0.383. The molecule has 0 saturated carbocycles. The average Bonchev–Trinajstić information content (AvgIpc) is 2.19. The minimum absolute atomic E-state index is 0.0773. The lowest BCUT2D eigenvalue weighted by atomic mass is 10.1. The molecule has 6 nitrogen and oxygen atoms in total. The normalized spacial score (nSPS) is 10.0. The lowest BCUT2D eigenvalue weighted by Crippen LogP contribution is -2.08. The third kappa shape index (κ3) is 2.57. The quantitative estimate of drug-likeness (QED) is 0.390. The van der Waals surface area contributed by atoms with Crippen LogP contribution in [0.5, 0.6) is 0 Å². The van der Waals surface area contributed by atoms with Gasteiger partial charge in [-0.1, -0.05) is 0 Å². The SMILES string of the molecule is Cc1cc(NCCO)c([N+](=O)[O-])cc1N. The Labute approximate surface area is 86.9 Å². The number of nitrogens with two attached hydrogens (primary N) is 1. The zero-order valence-electron chi connectivity index (χ0n) is 8.36. The van der Waals surface area contributed by atoms with E-state index in [2.05, 4.69) is 5.32 Å². The summed E-state index contributed by atoms with van der Waals surface area (Å²) >= 11 is 0. The number of hydrogen-bond acceptors (Lipinski definition) is 5. The van der Waals surface area contributed by atoms with Crippen molar-refractivity contribution in [1.29, 1.82) is 0 Å². The molecular formula is C9H13N3O3. The van der Waals surface area contributed by atoms with E-state index in [1.807, 2.05) is 0 Å². The molecule has 82 valence electrons. The molecule has 0 unspecified atom stereocenters. The molecular weight excluding hydrogens is 198 g/mol. The molecule has 6 heteroatoms. The van der Waals surface area contributed by atoms with Gasteiger partial charge < -0.3 is 16.2 Å². The van der Waals surface area contributed by atoms with Crippen molar-refractivity contribution in [1.82, 2.24) is 0 Å². The fraction of sp³-hybridized carbons (Fsp3) is 0.333. The van der Waals surface area contributed by atoms with Gasteiger partial charge in [0.1, 0.15) is 5.69 Å². The Kier molecular flexibility index (Phi) is 3.46. The first-order valence-corrected chi connectivity index (χ1v) is 4.45. The van der Waals surface area contributed by atoms with E-state index in [-0.39, 0.29) is 18.8 Å². The summed E-state index contributed by atoms with van der Waals surface area (Å²) < 4.78 is 0. The summed E-state index contributed by atoms with van der Waals surface area (Å²) in [6, 6.07) is 2.91. The Balaban J connectivity index is 3.10. The van der Waals surface area contributed by atoms with Gasteiger partial charge in [-0.25, -0.2) is 0 Å². The summed E-state index contributed by atoms with van der Waals surface area (Å²) in [5, 5.41) is 22.1. The summed E-state index contributed by atoms with van der Waals surface area (Å²) in [6.07, 6.45) is 0. The number of rotatable bonds is 4. The van der Waals surface area contributed by atoms with Crippen LogP contribution in [-0.2, 0) is 0 Å². The number of aliphatic hydroxyl groups excluding tert-OH is 1. The summed E-state index contributed by atoms with van der Waals surface area (Å²) in [5.74, 6) is 0. The Morgan fingerprint density at radius 2 is 2.27 bits per heavy atom. The molecule has 0 aliphatic rings. The second-order valence-electron chi connectivity index (χ2n) is 3.13. The number of nitro groups is 1. The molecule has 4 N–H and O–H groups in total. The van der Waals surface area contributed by atoms with Gasteiger partial charge in [-0.2, -0.15) is 0 Å². The fourth-order valence-electron chi connectivity index (χ4n) is 1.20. The molecule has 1 rings (SSSR count). The maximum absolute atomic E-state index is 10.7. The molecule has 1 aromatic carbocycles. The largest absolute Gasteiger partial charge is 0.398 e. The van der Waals surface area contributed by atoms with Crippen LogP contribution in [-0.4, -0.2) is 23.2 Å². The monoisotopic (exact) mass is 211 g/mol. The predicted molar refractivity (Wildman–Crippen MR) is 57.8 cm³/mol. The van der Waals surface area contributed by atoms with Crippen molar-refractivity contribution in [3.05, 3.63) is 27.8 Å². The molecule has 0 amide bonds. The lowest BCUT2D eigenvalue weighted by Gasteiger charge is -2.08. The predicted octanol–water partition coefficient (Wildman–Crippen LogP) is 0.890. The van der Waals surface area contributed by atoms with E-state index in [1.54, 1.807) is 13.0 Å². The van der Waals surface area contributed by atoms with Crippen LogP contribution >= 0.6 is 0 Å². The number of hydrogen-bond donors (Lipinski definition) is 3. The van der Waals surface area contributed by atoms with E-state index < -0.39 is 4.92 Å². The molecule has 1 aromatic rings. The van der Waals surface area contributed by atoms with Crippen molar-refractivity contribution in [3.63, 3.8) is 0 Å². The number of nitrogen functional groups attached to an aromatic ring is 1. The first-order valence-electron chi connectivity index (χ1n) is 4.45. The van der Waals surface area contributed by atoms with Crippen LogP contribution in [0.1, 0.15) is 5.56 Å². The zero-order valence-corrected chi connectivity index (χ0v) is 8.36. The van der Waals surface area contributed by atoms with Crippen molar-refractivity contribution in [2.75, 3.05) is 24.2 Å². The van der Waals surface area contributed by atoms with E-state index in [0.717, 1.165) is 5.56 Å². The highest BCUT2D eigenvalue weighted by Crippen LogP contribution is 2.29. The van der Waals surface area contributed by atoms with Crippen molar-refractivity contribution in [2.24, 2.45) is 0 Å². The summed E-state index contributed by atoms with van der Waals surface area (Å²) in [6.45, 7) is 1.95. The van der Waals surface area contributed by atoms with Gasteiger partial charge in [0, 0.05) is 18.3 Å². The second kappa shape index (κ2) is 4.61. The van der Waals surface area contributed by atoms with Gasteiger partial charge in [-0.3, -0.25) is 10.1 Å². The molecule has 0 aliphatic carbocycles. The van der Waals surface area contributed by atoms with Crippen LogP contribution in [0, 0.1) is 17.0 Å². The first-order chi connectivity index (χ1) is 7.06. The standard InChI is InChI=1S/C9H13N3O3/c1-6-4-8(11-2-3-13)9(12(14)15)5-7(6)10/h4-5,11,13H,2-3,10H2,1H3. The van der Waals surface area contributed by atoms with Crippen molar-refractivity contribution >= 4 is 17.1 Å². The van der Waals surface area contributed by atoms with Crippen LogP contribution in [0.4, 0.5) is 17.1 Å². The highest BCUT2D eigenvalue weighted by Gasteiger charge is 2.15. The second-order valence-corrected chi connectivity index (χ2v) is 3.13. The average molecular weight is 211 g/mol. The van der Waals surface area contributed by atoms with Crippen molar-refractivity contribution in [3.8, 4) is 0 Å². The molecule has 0 fully saturated rings. The van der Waals surface area contributed by atoms with Gasteiger partial charge in [0.15, 0.2) is 0 Å². The third-order valence-electron chi connectivity index (χ3n) is 2.01. The van der Waals surface area contributed by atoms with Gasteiger partial charge in [0.25, 0.3) is 5.69 Å². The van der Waals surface area contributed by atoms with E-state index in [4.69, 9.17) is 10.8 Å². The van der Waals surface area contributed by atoms with Gasteiger partial charge in [-0.05, 0) is 18.6 Å². The van der Waals surface area contributed by atoms with Crippen LogP contribution in [0.25, 0.3) is 0 Å². The number of aryl methyl sites for hydroxylation is 1. The number of aliphatic hydroxyl groups is 1. The Morgan fingerprint density at radius 3 is 2.80 bits per heavy atom.